The zero-order valence-electron chi connectivity index (χ0n) is 14.9. The molecule has 0 radical (unpaired) electrons. The summed E-state index contributed by atoms with van der Waals surface area (Å²) in [4.78, 5) is 37.4. The molecule has 0 N–H and O–H groups in total. The van der Waals surface area contributed by atoms with Crippen LogP contribution in [0.25, 0.3) is 0 Å². The fourth-order valence-electron chi connectivity index (χ4n) is 2.96. The lowest BCUT2D eigenvalue weighted by Crippen LogP contribution is -2.27. The topological polar surface area (TPSA) is 63.7 Å². The summed E-state index contributed by atoms with van der Waals surface area (Å²) in [5, 5.41) is 0. The summed E-state index contributed by atoms with van der Waals surface area (Å²) >= 11 is 0. The Hall–Kier alpha value is -3.23. The number of esters is 1. The average molecular weight is 409 g/mol. The van der Waals surface area contributed by atoms with E-state index in [1.165, 1.54) is 24.3 Å². The number of Topliss-reactive ketones (excluding diaryl/α,β-unsaturated/α-hetero) is 1. The average Bonchev–Trinajstić information content (AvgIpc) is 3.07. The maximum absolute atomic E-state index is 13.1. The molecule has 152 valence electrons. The number of hydrogen-bond donors (Lipinski definition) is 0. The van der Waals surface area contributed by atoms with Crippen LogP contribution in [0.5, 0.6) is 0 Å². The van der Waals surface area contributed by atoms with Crippen molar-refractivity contribution >= 4 is 23.3 Å². The third kappa shape index (κ3) is 4.79. The van der Waals surface area contributed by atoms with E-state index >= 15 is 0 Å². The number of halogens is 4. The summed E-state index contributed by atoms with van der Waals surface area (Å²) < 4.78 is 56.7. The molecule has 1 atom stereocenters. The van der Waals surface area contributed by atoms with E-state index in [0.717, 1.165) is 29.2 Å². The highest BCUT2D eigenvalue weighted by Gasteiger charge is 2.37. The molecule has 0 spiro atoms. The van der Waals surface area contributed by atoms with Gasteiger partial charge in [-0.2, -0.15) is 13.2 Å². The third-order valence-electron chi connectivity index (χ3n) is 4.44. The monoisotopic (exact) mass is 409 g/mol. The minimum absolute atomic E-state index is 0.0240. The third-order valence-corrected chi connectivity index (χ3v) is 4.44. The molecule has 1 heterocycles. The van der Waals surface area contributed by atoms with Crippen LogP contribution in [0.2, 0.25) is 0 Å². The normalized spacial score (nSPS) is 16.8. The number of ether oxygens (including phenoxy) is 1. The van der Waals surface area contributed by atoms with Crippen molar-refractivity contribution in [1.82, 2.24) is 0 Å². The maximum Gasteiger partial charge on any atom is 0.416 e. The van der Waals surface area contributed by atoms with Crippen LogP contribution in [0.15, 0.2) is 48.5 Å². The molecule has 1 fully saturated rings. The molecule has 0 unspecified atom stereocenters. The predicted octanol–water partition coefficient (Wildman–Crippen LogP) is 3.62. The molecule has 9 heteroatoms. The Morgan fingerprint density at radius 3 is 2.52 bits per heavy atom. The van der Waals surface area contributed by atoms with Crippen LogP contribution in [0, 0.1) is 11.7 Å². The Labute approximate surface area is 162 Å². The van der Waals surface area contributed by atoms with Crippen molar-refractivity contribution in [1.29, 1.82) is 0 Å². The number of nitrogens with zero attached hydrogens (tertiary/aromatic N) is 1. The molecule has 0 aromatic heterocycles. The van der Waals surface area contributed by atoms with Gasteiger partial charge in [0.2, 0.25) is 5.91 Å². The van der Waals surface area contributed by atoms with Gasteiger partial charge in [0.1, 0.15) is 5.82 Å². The molecule has 2 aromatic rings. The number of benzene rings is 2. The van der Waals surface area contributed by atoms with Crippen LogP contribution in [0.4, 0.5) is 23.2 Å². The van der Waals surface area contributed by atoms with E-state index in [9.17, 15) is 31.9 Å². The fraction of sp³-hybridized carbons (Fsp3) is 0.250. The standard InChI is InChI=1S/C20H15F4NO4/c21-15-5-1-3-12(7-15)17(26)11-29-19(28)13-8-18(27)25(10-13)16-6-2-4-14(9-16)20(22,23)24/h1-7,9,13H,8,10-11H2/t13-/m1/s1. The molecule has 0 aliphatic carbocycles. The predicted molar refractivity (Wildman–Crippen MR) is 93.6 cm³/mol. The molecule has 1 saturated heterocycles. The van der Waals surface area contributed by atoms with Crippen molar-refractivity contribution < 1.29 is 36.7 Å². The van der Waals surface area contributed by atoms with Gasteiger partial charge in [0, 0.05) is 24.2 Å². The first-order chi connectivity index (χ1) is 13.6. The maximum atomic E-state index is 13.1. The Bertz CT molecular complexity index is 957. The number of hydrogen-bond acceptors (Lipinski definition) is 4. The molecule has 29 heavy (non-hydrogen) atoms. The molecule has 5 nitrogen and oxygen atoms in total. The van der Waals surface area contributed by atoms with Gasteiger partial charge in [0.05, 0.1) is 11.5 Å². The van der Waals surface area contributed by atoms with E-state index in [2.05, 4.69) is 0 Å². The van der Waals surface area contributed by atoms with Gasteiger partial charge in [-0.15, -0.1) is 0 Å². The van der Waals surface area contributed by atoms with Crippen LogP contribution in [-0.4, -0.2) is 30.8 Å². The second-order valence-corrected chi connectivity index (χ2v) is 6.49. The fourth-order valence-corrected chi connectivity index (χ4v) is 2.96. The zero-order chi connectivity index (χ0) is 21.2. The number of amides is 1. The number of carbonyl (C=O) groups excluding carboxylic acids is 3. The molecular formula is C20H15F4NO4. The first-order valence-corrected chi connectivity index (χ1v) is 8.58. The molecule has 0 saturated carbocycles. The van der Waals surface area contributed by atoms with Crippen molar-refractivity contribution in [2.45, 2.75) is 12.6 Å². The summed E-state index contributed by atoms with van der Waals surface area (Å²) in [7, 11) is 0. The summed E-state index contributed by atoms with van der Waals surface area (Å²) in [6.07, 6.45) is -4.81. The minimum Gasteiger partial charge on any atom is -0.457 e. The van der Waals surface area contributed by atoms with Gasteiger partial charge in [0.25, 0.3) is 0 Å². The van der Waals surface area contributed by atoms with Gasteiger partial charge in [-0.1, -0.05) is 18.2 Å². The molecule has 1 aliphatic rings. The molecule has 1 aliphatic heterocycles. The molecule has 1 amide bonds. The number of carbonyl (C=O) groups is 3. The van der Waals surface area contributed by atoms with E-state index in [1.807, 2.05) is 0 Å². The lowest BCUT2D eigenvalue weighted by Gasteiger charge is -2.18. The second-order valence-electron chi connectivity index (χ2n) is 6.49. The summed E-state index contributed by atoms with van der Waals surface area (Å²) in [6.45, 7) is -0.788. The van der Waals surface area contributed by atoms with E-state index in [-0.39, 0.29) is 24.2 Å². The number of alkyl halides is 3. The van der Waals surface area contributed by atoms with Crippen molar-refractivity contribution in [3.8, 4) is 0 Å². The number of anilines is 1. The van der Waals surface area contributed by atoms with Crippen molar-refractivity contribution in [2.24, 2.45) is 5.92 Å². The highest BCUT2D eigenvalue weighted by atomic mass is 19.4. The van der Waals surface area contributed by atoms with Crippen LogP contribution < -0.4 is 4.90 Å². The first-order valence-electron chi connectivity index (χ1n) is 8.58. The molecular weight excluding hydrogens is 394 g/mol. The molecule has 3 rings (SSSR count). The van der Waals surface area contributed by atoms with Crippen LogP contribution in [0.3, 0.4) is 0 Å². The highest BCUT2D eigenvalue weighted by Crippen LogP contribution is 2.33. The second kappa shape index (κ2) is 8.02. The van der Waals surface area contributed by atoms with Gasteiger partial charge < -0.3 is 9.64 Å². The Balaban J connectivity index is 1.62. The Kier molecular flexibility index (Phi) is 5.67. The smallest absolute Gasteiger partial charge is 0.416 e. The van der Waals surface area contributed by atoms with Gasteiger partial charge in [-0.3, -0.25) is 14.4 Å². The van der Waals surface area contributed by atoms with E-state index in [1.54, 1.807) is 0 Å². The van der Waals surface area contributed by atoms with E-state index < -0.39 is 47.7 Å². The van der Waals surface area contributed by atoms with Gasteiger partial charge in [-0.25, -0.2) is 4.39 Å². The minimum atomic E-state index is -4.56. The van der Waals surface area contributed by atoms with Gasteiger partial charge in [0.15, 0.2) is 12.4 Å². The van der Waals surface area contributed by atoms with Gasteiger partial charge in [-0.05, 0) is 30.3 Å². The Morgan fingerprint density at radius 2 is 1.83 bits per heavy atom. The lowest BCUT2D eigenvalue weighted by molar-refractivity contribution is -0.147. The van der Waals surface area contributed by atoms with Crippen LogP contribution in [-0.2, 0) is 20.5 Å². The van der Waals surface area contributed by atoms with Gasteiger partial charge >= 0.3 is 12.1 Å². The summed E-state index contributed by atoms with van der Waals surface area (Å²) in [5.41, 5.74) is -0.851. The highest BCUT2D eigenvalue weighted by molar-refractivity contribution is 6.01. The molecule has 2 aromatic carbocycles. The summed E-state index contributed by atoms with van der Waals surface area (Å²) in [6, 6.07) is 9.11. The van der Waals surface area contributed by atoms with Crippen molar-refractivity contribution in [2.75, 3.05) is 18.1 Å². The van der Waals surface area contributed by atoms with Crippen LogP contribution in [0.1, 0.15) is 22.3 Å². The van der Waals surface area contributed by atoms with E-state index in [0.29, 0.717) is 0 Å². The van der Waals surface area contributed by atoms with Crippen molar-refractivity contribution in [3.05, 3.63) is 65.5 Å². The van der Waals surface area contributed by atoms with Crippen LogP contribution >= 0.6 is 0 Å². The lowest BCUT2D eigenvalue weighted by atomic mass is 10.1. The number of ketones is 1. The van der Waals surface area contributed by atoms with E-state index in [4.69, 9.17) is 4.74 Å². The quantitative estimate of drug-likeness (QED) is 0.430. The SMILES string of the molecule is O=C(COC(=O)[C@@H]1CC(=O)N(c2cccc(C(F)(F)F)c2)C1)c1cccc(F)c1. The number of rotatable bonds is 5. The summed E-state index contributed by atoms with van der Waals surface area (Å²) in [5.74, 6) is -3.49. The van der Waals surface area contributed by atoms with Crippen molar-refractivity contribution in [3.63, 3.8) is 0 Å². The first kappa shape index (κ1) is 20.5. The molecule has 0 bridgehead atoms. The largest absolute Gasteiger partial charge is 0.457 e. The Morgan fingerprint density at radius 1 is 1.10 bits per heavy atom. The zero-order valence-corrected chi connectivity index (χ0v) is 14.9.